The summed E-state index contributed by atoms with van der Waals surface area (Å²) in [4.78, 5) is 42.4. The summed E-state index contributed by atoms with van der Waals surface area (Å²) in [7, 11) is 0. The summed E-state index contributed by atoms with van der Waals surface area (Å²) in [6, 6.07) is 0. The van der Waals surface area contributed by atoms with Gasteiger partial charge in [0, 0.05) is 30.9 Å². The monoisotopic (exact) mass is 694 g/mol. The molecule has 0 aliphatic carbocycles. The molecule has 11 nitrogen and oxygen atoms in total. The van der Waals surface area contributed by atoms with Crippen LogP contribution in [0.5, 0.6) is 0 Å². The summed E-state index contributed by atoms with van der Waals surface area (Å²) >= 11 is 0. The first-order chi connectivity index (χ1) is 21.3. The molecule has 0 unspecified atom stereocenters. The second-order valence-corrected chi connectivity index (χ2v) is 8.53. The fourth-order valence-corrected chi connectivity index (χ4v) is 2.60. The largest absolute Gasteiger partial charge is 0.522 e. The van der Waals surface area contributed by atoms with Gasteiger partial charge in [-0.3, -0.25) is 14.2 Å². The highest BCUT2D eigenvalue weighted by atomic mass is 19.4. The molecule has 268 valence electrons. The molecule has 1 N–H and O–H groups in total. The first-order valence-electron chi connectivity index (χ1n) is 13.5. The Hall–Kier alpha value is -3.23. The predicted octanol–water partition coefficient (Wildman–Crippen LogP) is 5.35. The minimum absolute atomic E-state index is 0.0199. The molecule has 0 spiro atoms. The normalized spacial score (nSPS) is 13.1. The van der Waals surface area contributed by atoms with Gasteiger partial charge in [-0.2, -0.15) is 0 Å². The fraction of sp³-hybridized carbons (Fsp3) is 0.692. The Morgan fingerprint density at radius 2 is 0.870 bits per heavy atom. The van der Waals surface area contributed by atoms with Gasteiger partial charge >= 0.3 is 43.0 Å². The van der Waals surface area contributed by atoms with Gasteiger partial charge in [0.1, 0.15) is 0 Å². The third-order valence-corrected chi connectivity index (χ3v) is 4.58. The number of rotatable bonds is 19. The van der Waals surface area contributed by atoms with E-state index in [9.17, 15) is 58.7 Å². The number of carbonyl (C=O) groups excluding carboxylic acids is 4. The van der Waals surface area contributed by atoms with Crippen LogP contribution in [0.2, 0.25) is 0 Å². The van der Waals surface area contributed by atoms with Crippen molar-refractivity contribution in [1.82, 2.24) is 0 Å². The fourth-order valence-electron chi connectivity index (χ4n) is 2.60. The van der Waals surface area contributed by atoms with Gasteiger partial charge in [-0.05, 0) is 57.8 Å². The molecule has 46 heavy (non-hydrogen) atoms. The van der Waals surface area contributed by atoms with Crippen LogP contribution in [0.15, 0.2) is 24.3 Å². The van der Waals surface area contributed by atoms with Crippen molar-refractivity contribution in [2.75, 3.05) is 39.6 Å². The van der Waals surface area contributed by atoms with Crippen molar-refractivity contribution in [2.24, 2.45) is 0 Å². The van der Waals surface area contributed by atoms with E-state index in [2.05, 4.69) is 18.9 Å². The number of carbonyl (C=O) groups is 4. The zero-order valence-corrected chi connectivity index (χ0v) is 24.3. The quantitative estimate of drug-likeness (QED) is 0.0467. The maximum atomic E-state index is 11.7. The molecule has 20 heteroatoms. The number of aliphatic hydroxyl groups excluding tert-OH is 1. The summed E-state index contributed by atoms with van der Waals surface area (Å²) in [6.45, 7) is -1.29. The minimum Gasteiger partial charge on any atom is -0.463 e. The molecule has 1 rings (SSSR count). The van der Waals surface area contributed by atoms with Crippen LogP contribution in [0.4, 0.5) is 39.5 Å². The average Bonchev–Trinajstić information content (AvgIpc) is 3.31. The number of cyclic esters (lactones) is 2. The molecule has 0 amide bonds. The van der Waals surface area contributed by atoms with Crippen LogP contribution in [0.3, 0.4) is 0 Å². The summed E-state index contributed by atoms with van der Waals surface area (Å²) in [6.07, 6.45) is -6.85. The predicted molar refractivity (Wildman–Crippen MR) is 136 cm³/mol. The zero-order chi connectivity index (χ0) is 35.5. The molecule has 0 radical (unpaired) electrons. The van der Waals surface area contributed by atoms with Gasteiger partial charge in [-0.1, -0.05) is 0 Å². The van der Waals surface area contributed by atoms with E-state index in [0.717, 1.165) is 24.3 Å². The lowest BCUT2D eigenvalue weighted by molar-refractivity contribution is -0.325. The highest BCUT2D eigenvalue weighted by Gasteiger charge is 2.29. The van der Waals surface area contributed by atoms with E-state index < -0.39 is 56.2 Å². The number of unbranched alkanes of at least 4 members (excludes halogenated alkanes) is 6. The number of halogens is 9. The lowest BCUT2D eigenvalue weighted by atomic mass is 10.2. The molecule has 1 heterocycles. The first kappa shape index (κ1) is 44.9. The standard InChI is InChI=1S/C16H22F6O6.C6H11F3O2.C4H2O3/c17-15(18,19)27-11-5-1-3-9-25-13(23)7-8-14(24)26-10-4-2-6-12-28-16(20,21)22;7-6(8,9)11-5-3-1-2-4-10;5-3-1-2-4(6)7-3/h7-8H,1-6,9-12H2;10H,1-5H2;1-2H/b8-7-;;. The van der Waals surface area contributed by atoms with Gasteiger partial charge < -0.3 is 19.3 Å². The Balaban J connectivity index is 0. The van der Waals surface area contributed by atoms with Crippen LogP contribution in [0.25, 0.3) is 0 Å². The number of ether oxygens (including phenoxy) is 6. The van der Waals surface area contributed by atoms with Crippen LogP contribution in [-0.2, 0) is 47.6 Å². The Morgan fingerprint density at radius 3 is 1.13 bits per heavy atom. The van der Waals surface area contributed by atoms with Crippen molar-refractivity contribution in [3.05, 3.63) is 24.3 Å². The number of esters is 4. The number of aliphatic hydroxyl groups is 1. The van der Waals surface area contributed by atoms with E-state index in [1.54, 1.807) is 0 Å². The summed E-state index contributed by atoms with van der Waals surface area (Å²) in [5.74, 6) is -2.78. The van der Waals surface area contributed by atoms with Crippen LogP contribution >= 0.6 is 0 Å². The smallest absolute Gasteiger partial charge is 0.463 e. The topological polar surface area (TPSA) is 144 Å². The molecule has 0 bridgehead atoms. The third-order valence-electron chi connectivity index (χ3n) is 4.58. The Bertz CT molecular complexity index is 858. The van der Waals surface area contributed by atoms with Crippen LogP contribution < -0.4 is 0 Å². The van der Waals surface area contributed by atoms with Crippen molar-refractivity contribution in [3.63, 3.8) is 0 Å². The number of alkyl halides is 9. The Morgan fingerprint density at radius 1 is 0.565 bits per heavy atom. The lowest BCUT2D eigenvalue weighted by Gasteiger charge is -2.07. The van der Waals surface area contributed by atoms with Gasteiger partial charge in [0.25, 0.3) is 0 Å². The molecule has 0 aromatic rings. The van der Waals surface area contributed by atoms with E-state index in [-0.39, 0.29) is 39.3 Å². The Labute approximate surface area is 257 Å². The summed E-state index contributed by atoms with van der Waals surface area (Å²) in [5.41, 5.74) is 0. The van der Waals surface area contributed by atoms with Crippen molar-refractivity contribution in [2.45, 2.75) is 76.9 Å². The van der Waals surface area contributed by atoms with Crippen molar-refractivity contribution in [1.29, 1.82) is 0 Å². The van der Waals surface area contributed by atoms with Gasteiger partial charge in [0.05, 0.1) is 33.0 Å². The molecule has 0 aromatic carbocycles. The summed E-state index contributed by atoms with van der Waals surface area (Å²) in [5, 5.41) is 8.26. The van der Waals surface area contributed by atoms with E-state index in [4.69, 9.17) is 14.6 Å². The van der Waals surface area contributed by atoms with Crippen LogP contribution in [0.1, 0.15) is 57.8 Å². The zero-order valence-electron chi connectivity index (χ0n) is 24.3. The lowest BCUT2D eigenvalue weighted by Crippen LogP contribution is -2.14. The molecule has 0 saturated heterocycles. The first-order valence-corrected chi connectivity index (χ1v) is 13.5. The van der Waals surface area contributed by atoms with E-state index in [1.807, 2.05) is 0 Å². The van der Waals surface area contributed by atoms with E-state index >= 15 is 0 Å². The van der Waals surface area contributed by atoms with Gasteiger partial charge in [-0.15, -0.1) is 39.5 Å². The molecule has 1 aliphatic heterocycles. The summed E-state index contributed by atoms with van der Waals surface area (Å²) < 4.78 is 128. The molecule has 0 aromatic heterocycles. The number of hydrogen-bond donors (Lipinski definition) is 1. The minimum atomic E-state index is -4.66. The molecule has 0 saturated carbocycles. The molecule has 1 aliphatic rings. The maximum Gasteiger partial charge on any atom is 0.522 e. The van der Waals surface area contributed by atoms with Crippen LogP contribution in [-0.4, -0.2) is 87.7 Å². The number of hydrogen-bond acceptors (Lipinski definition) is 11. The van der Waals surface area contributed by atoms with Crippen molar-refractivity contribution >= 4 is 23.9 Å². The molecule has 0 fully saturated rings. The van der Waals surface area contributed by atoms with Crippen molar-refractivity contribution in [3.8, 4) is 0 Å². The second-order valence-electron chi connectivity index (χ2n) is 8.53. The molecule has 0 atom stereocenters. The van der Waals surface area contributed by atoms with Crippen molar-refractivity contribution < 1.29 is 92.2 Å². The van der Waals surface area contributed by atoms with Gasteiger partial charge in [-0.25, -0.2) is 19.2 Å². The molecular weight excluding hydrogens is 659 g/mol. The SMILES string of the molecule is O=C(/C=C\C(=O)OCCCCCOC(F)(F)F)OCCCCCOC(F)(F)F.O=C1C=CC(=O)O1.OCCCCCOC(F)(F)F. The van der Waals surface area contributed by atoms with E-state index in [0.29, 0.717) is 44.9 Å². The maximum absolute atomic E-state index is 11.7. The highest BCUT2D eigenvalue weighted by molar-refractivity contribution is 6.04. The highest BCUT2D eigenvalue weighted by Crippen LogP contribution is 2.18. The van der Waals surface area contributed by atoms with Gasteiger partial charge in [0.15, 0.2) is 0 Å². The third kappa shape index (κ3) is 38.8. The van der Waals surface area contributed by atoms with Crippen LogP contribution in [0, 0.1) is 0 Å². The molecular formula is C26H35F9O11. The Kier molecular flexibility index (Phi) is 25.3. The second kappa shape index (κ2) is 25.9. The van der Waals surface area contributed by atoms with Gasteiger partial charge in [0.2, 0.25) is 0 Å². The van der Waals surface area contributed by atoms with E-state index in [1.165, 1.54) is 0 Å². The average molecular weight is 695 g/mol.